The molecule has 1 aromatic rings. The Hall–Kier alpha value is -1.31. The molecule has 32 heavy (non-hydrogen) atoms. The summed E-state index contributed by atoms with van der Waals surface area (Å²) in [6.07, 6.45) is 19.1. The van der Waals surface area contributed by atoms with Crippen molar-refractivity contribution in [1.29, 1.82) is 0 Å². The fraction of sp³-hybridized carbons (Fsp3) is 0.692. The van der Waals surface area contributed by atoms with Crippen LogP contribution < -0.4 is 10.6 Å². The first-order valence-electron chi connectivity index (χ1n) is 12.5. The van der Waals surface area contributed by atoms with Crippen molar-refractivity contribution in [2.75, 3.05) is 16.3 Å². The van der Waals surface area contributed by atoms with E-state index in [4.69, 9.17) is 5.11 Å². The largest absolute Gasteiger partial charge is 0.480 e. The summed E-state index contributed by atoms with van der Waals surface area (Å²) >= 11 is 2.47. The van der Waals surface area contributed by atoms with Crippen LogP contribution in [0.1, 0.15) is 107 Å². The quantitative estimate of drug-likeness (QED) is 0.0899. The number of unbranched alkanes of at least 4 members (excludes halogenated alkanes) is 13. The lowest BCUT2D eigenvalue weighted by Crippen LogP contribution is -2.38. The lowest BCUT2D eigenvalue weighted by Gasteiger charge is -2.10. The van der Waals surface area contributed by atoms with Gasteiger partial charge in [0.15, 0.2) is 0 Å². The fourth-order valence-electron chi connectivity index (χ4n) is 3.65. The summed E-state index contributed by atoms with van der Waals surface area (Å²) in [5.41, 5.74) is 1.45. The average Bonchev–Trinajstić information content (AvgIpc) is 2.79. The number of carbonyl (C=O) groups is 2. The number of alkyl halides is 1. The lowest BCUT2D eigenvalue weighted by atomic mass is 10.0. The van der Waals surface area contributed by atoms with Crippen molar-refractivity contribution < 1.29 is 14.7 Å². The van der Waals surface area contributed by atoms with E-state index in [1.807, 2.05) is 12.1 Å². The molecule has 0 heterocycles. The summed E-state index contributed by atoms with van der Waals surface area (Å²) in [6.45, 7) is 2.38. The molecule has 182 valence electrons. The van der Waals surface area contributed by atoms with Crippen LogP contribution in [0, 0.1) is 0 Å². The van der Waals surface area contributed by atoms with Crippen LogP contribution in [0.25, 0.3) is 0 Å². The summed E-state index contributed by atoms with van der Waals surface area (Å²) in [7, 11) is 0. The number of benzene rings is 1. The Morgan fingerprint density at radius 2 is 1.22 bits per heavy atom. The van der Waals surface area contributed by atoms with E-state index in [1.54, 1.807) is 12.1 Å². The zero-order valence-corrected chi connectivity index (χ0v) is 22.0. The van der Waals surface area contributed by atoms with Crippen LogP contribution in [0.5, 0.6) is 0 Å². The second-order valence-electron chi connectivity index (χ2n) is 8.68. The third-order valence-corrected chi connectivity index (χ3v) is 6.52. The first-order valence-corrected chi connectivity index (χ1v) is 14.0. The molecular weight excluding hydrogens is 515 g/mol. The average molecular weight is 559 g/mol. The second-order valence-corrected chi connectivity index (χ2v) is 9.75. The minimum absolute atomic E-state index is 0.367. The predicted molar refractivity (Wildman–Crippen MR) is 143 cm³/mol. The maximum Gasteiger partial charge on any atom is 0.325 e. The fourth-order valence-corrected chi connectivity index (χ4v) is 4.19. The highest BCUT2D eigenvalue weighted by molar-refractivity contribution is 14.1. The number of aliphatic carboxylic acids is 1. The zero-order chi connectivity index (χ0) is 23.4. The molecule has 6 heteroatoms. The smallest absolute Gasteiger partial charge is 0.325 e. The molecule has 0 aliphatic carbocycles. The predicted octanol–water partition coefficient (Wildman–Crippen LogP) is 7.20. The van der Waals surface area contributed by atoms with Gasteiger partial charge in [-0.25, -0.2) is 0 Å². The molecule has 5 nitrogen and oxygen atoms in total. The molecular formula is C26H43IN2O3. The van der Waals surface area contributed by atoms with E-state index in [9.17, 15) is 9.59 Å². The summed E-state index contributed by atoms with van der Waals surface area (Å²) in [5, 5.41) is 14.7. The van der Waals surface area contributed by atoms with Gasteiger partial charge in [0.2, 0.25) is 0 Å². The van der Waals surface area contributed by atoms with Gasteiger partial charge in [-0.3, -0.25) is 9.59 Å². The van der Waals surface area contributed by atoms with Crippen LogP contribution in [0.15, 0.2) is 24.3 Å². The highest BCUT2D eigenvalue weighted by Crippen LogP contribution is 2.14. The summed E-state index contributed by atoms with van der Waals surface area (Å²) in [6, 6.07) is 6.28. The number of nitrogens with one attached hydrogen (secondary N) is 2. The van der Waals surface area contributed by atoms with E-state index in [0.717, 1.165) is 18.7 Å². The van der Waals surface area contributed by atoms with Crippen molar-refractivity contribution in [1.82, 2.24) is 5.32 Å². The van der Waals surface area contributed by atoms with E-state index in [2.05, 4.69) is 33.2 Å². The molecule has 1 amide bonds. The molecule has 0 unspecified atom stereocenters. The Kier molecular flexibility index (Phi) is 17.2. The summed E-state index contributed by atoms with van der Waals surface area (Å²) < 4.78 is 1.31. The van der Waals surface area contributed by atoms with Crippen LogP contribution in [0.3, 0.4) is 0 Å². The Bertz CT molecular complexity index is 622. The van der Waals surface area contributed by atoms with Gasteiger partial charge in [0.05, 0.1) is 0 Å². The molecule has 1 aromatic carbocycles. The number of hydrogen-bond acceptors (Lipinski definition) is 3. The number of amides is 1. The van der Waals surface area contributed by atoms with E-state index >= 15 is 0 Å². The van der Waals surface area contributed by atoms with E-state index < -0.39 is 12.0 Å². The molecule has 0 aliphatic rings. The zero-order valence-electron chi connectivity index (χ0n) is 19.8. The molecule has 0 spiro atoms. The van der Waals surface area contributed by atoms with Crippen molar-refractivity contribution >= 4 is 40.2 Å². The third kappa shape index (κ3) is 14.7. The van der Waals surface area contributed by atoms with Crippen LogP contribution in [0.4, 0.5) is 5.69 Å². The standard InChI is InChI=1S/C26H43IN2O3/c1-22(26(31)32)29-25(30)23-16-18-24(19-17-23)28-21-15-13-11-9-7-5-3-2-4-6-8-10-12-14-20-27/h16-19,22,28H,2-15,20-21H2,1H3,(H,29,30)(H,31,32)/t22-/m0/s1. The Morgan fingerprint density at radius 3 is 1.66 bits per heavy atom. The maximum absolute atomic E-state index is 12.0. The van der Waals surface area contributed by atoms with E-state index in [-0.39, 0.29) is 5.91 Å². The third-order valence-electron chi connectivity index (χ3n) is 5.75. The van der Waals surface area contributed by atoms with Gasteiger partial charge in [-0.15, -0.1) is 0 Å². The molecule has 0 fully saturated rings. The molecule has 3 N–H and O–H groups in total. The van der Waals surface area contributed by atoms with Gasteiger partial charge in [0, 0.05) is 17.8 Å². The molecule has 0 saturated carbocycles. The van der Waals surface area contributed by atoms with Crippen molar-refractivity contribution in [3.05, 3.63) is 29.8 Å². The molecule has 0 aromatic heterocycles. The summed E-state index contributed by atoms with van der Waals surface area (Å²) in [5.74, 6) is -1.41. The van der Waals surface area contributed by atoms with Gasteiger partial charge in [-0.2, -0.15) is 0 Å². The Balaban J connectivity index is 1.95. The van der Waals surface area contributed by atoms with Crippen LogP contribution in [0.2, 0.25) is 0 Å². The van der Waals surface area contributed by atoms with E-state index in [0.29, 0.717) is 5.56 Å². The first-order chi connectivity index (χ1) is 15.5. The highest BCUT2D eigenvalue weighted by Gasteiger charge is 2.14. The molecule has 1 atom stereocenters. The minimum Gasteiger partial charge on any atom is -0.480 e. The minimum atomic E-state index is -1.04. The highest BCUT2D eigenvalue weighted by atomic mass is 127. The van der Waals surface area contributed by atoms with Gasteiger partial charge in [-0.1, -0.05) is 99.6 Å². The van der Waals surface area contributed by atoms with Gasteiger partial charge in [0.1, 0.15) is 6.04 Å². The van der Waals surface area contributed by atoms with Crippen molar-refractivity contribution in [2.24, 2.45) is 0 Å². The monoisotopic (exact) mass is 558 g/mol. The van der Waals surface area contributed by atoms with Crippen LogP contribution >= 0.6 is 22.6 Å². The normalized spacial score (nSPS) is 11.8. The van der Waals surface area contributed by atoms with Gasteiger partial charge >= 0.3 is 5.97 Å². The van der Waals surface area contributed by atoms with Crippen molar-refractivity contribution in [3.8, 4) is 0 Å². The second kappa shape index (κ2) is 19.2. The first kappa shape index (κ1) is 28.7. The lowest BCUT2D eigenvalue weighted by molar-refractivity contribution is -0.138. The van der Waals surface area contributed by atoms with E-state index in [1.165, 1.54) is 94.8 Å². The molecule has 0 radical (unpaired) electrons. The van der Waals surface area contributed by atoms with Crippen molar-refractivity contribution in [2.45, 2.75) is 103 Å². The van der Waals surface area contributed by atoms with Gasteiger partial charge in [-0.05, 0) is 48.5 Å². The van der Waals surface area contributed by atoms with Crippen molar-refractivity contribution in [3.63, 3.8) is 0 Å². The number of carboxylic acid groups (broad SMARTS) is 1. The Labute approximate surface area is 208 Å². The summed E-state index contributed by atoms with van der Waals surface area (Å²) in [4.78, 5) is 22.8. The molecule has 0 bridgehead atoms. The maximum atomic E-state index is 12.0. The number of rotatable bonds is 20. The number of halogens is 1. The molecule has 0 aliphatic heterocycles. The number of hydrogen-bond donors (Lipinski definition) is 3. The van der Waals surface area contributed by atoms with Crippen LogP contribution in [-0.2, 0) is 4.79 Å². The van der Waals surface area contributed by atoms with Gasteiger partial charge in [0.25, 0.3) is 5.91 Å². The molecule has 1 rings (SSSR count). The Morgan fingerprint density at radius 1 is 0.781 bits per heavy atom. The number of carboxylic acids is 1. The SMILES string of the molecule is C[C@H](NC(=O)c1ccc(NCCCCCCCCCCCCCCCCI)cc1)C(=O)O. The number of carbonyl (C=O) groups excluding carboxylic acids is 1. The molecule has 0 saturated heterocycles. The number of anilines is 1. The topological polar surface area (TPSA) is 78.4 Å². The van der Waals surface area contributed by atoms with Gasteiger partial charge < -0.3 is 15.7 Å². The van der Waals surface area contributed by atoms with Crippen LogP contribution in [-0.4, -0.2) is 34.0 Å².